The van der Waals surface area contributed by atoms with Gasteiger partial charge in [0.05, 0.1) is 10.4 Å². The van der Waals surface area contributed by atoms with Gasteiger partial charge in [0.15, 0.2) is 0 Å². The molecule has 124 valence electrons. The van der Waals surface area contributed by atoms with E-state index in [1.54, 1.807) is 13.2 Å². The van der Waals surface area contributed by atoms with Crippen LogP contribution in [-0.4, -0.2) is 44.8 Å². The molecule has 0 aromatic carbocycles. The van der Waals surface area contributed by atoms with Gasteiger partial charge in [-0.05, 0) is 25.5 Å². The fourth-order valence-electron chi connectivity index (χ4n) is 2.26. The van der Waals surface area contributed by atoms with Gasteiger partial charge >= 0.3 is 6.03 Å². The average molecular weight is 336 g/mol. The third kappa shape index (κ3) is 5.25. The standard InChI is InChI=1S/C15H20N4O3S/c1-22-7-3-5-11-8-12(14(23-11)19-15(16)21)13(20)18-10-4-2-6-17-9-10/h8,10,17H,2,4,6-7,9H2,1H3,(H,18,20)(H3,16,19,21)/t10-/m0/s1. The van der Waals surface area contributed by atoms with Crippen LogP contribution in [0.5, 0.6) is 0 Å². The zero-order valence-electron chi connectivity index (χ0n) is 12.9. The summed E-state index contributed by atoms with van der Waals surface area (Å²) >= 11 is 1.21. The van der Waals surface area contributed by atoms with E-state index in [-0.39, 0.29) is 11.9 Å². The molecule has 8 heteroatoms. The number of urea groups is 1. The fourth-order valence-corrected chi connectivity index (χ4v) is 3.19. The number of primary amides is 1. The Kier molecular flexibility index (Phi) is 6.40. The molecule has 0 saturated carbocycles. The lowest BCUT2D eigenvalue weighted by Gasteiger charge is -2.23. The third-order valence-corrected chi connectivity index (χ3v) is 4.24. The lowest BCUT2D eigenvalue weighted by molar-refractivity contribution is 0.0932. The van der Waals surface area contributed by atoms with Crippen LogP contribution in [-0.2, 0) is 4.74 Å². The molecule has 1 aromatic heterocycles. The maximum absolute atomic E-state index is 12.5. The Bertz CT molecular complexity index is 626. The molecule has 0 spiro atoms. The summed E-state index contributed by atoms with van der Waals surface area (Å²) in [5.74, 6) is 5.48. The second-order valence-electron chi connectivity index (χ2n) is 5.09. The fraction of sp³-hybridized carbons (Fsp3) is 0.467. The van der Waals surface area contributed by atoms with Gasteiger partial charge in [-0.1, -0.05) is 11.8 Å². The van der Waals surface area contributed by atoms with Crippen LogP contribution >= 0.6 is 11.3 Å². The Morgan fingerprint density at radius 3 is 3.04 bits per heavy atom. The molecule has 0 radical (unpaired) electrons. The molecule has 23 heavy (non-hydrogen) atoms. The highest BCUT2D eigenvalue weighted by molar-refractivity contribution is 7.17. The van der Waals surface area contributed by atoms with Crippen molar-refractivity contribution in [1.82, 2.24) is 10.6 Å². The normalized spacial score (nSPS) is 17.0. The average Bonchev–Trinajstić information content (AvgIpc) is 2.91. The number of nitrogens with two attached hydrogens (primary N) is 1. The first-order valence-corrected chi connectivity index (χ1v) is 8.11. The number of piperidine rings is 1. The molecule has 0 bridgehead atoms. The quantitative estimate of drug-likeness (QED) is 0.608. The van der Waals surface area contributed by atoms with Gasteiger partial charge in [-0.25, -0.2) is 4.79 Å². The number of carbonyl (C=O) groups is 2. The summed E-state index contributed by atoms with van der Waals surface area (Å²) < 4.78 is 4.87. The number of ether oxygens (including phenoxy) is 1. The summed E-state index contributed by atoms with van der Waals surface area (Å²) in [6.07, 6.45) is 1.96. The summed E-state index contributed by atoms with van der Waals surface area (Å²) in [5, 5.41) is 9.10. The van der Waals surface area contributed by atoms with Crippen molar-refractivity contribution in [2.75, 3.05) is 32.1 Å². The van der Waals surface area contributed by atoms with E-state index >= 15 is 0 Å². The maximum Gasteiger partial charge on any atom is 0.317 e. The van der Waals surface area contributed by atoms with Gasteiger partial charge in [0, 0.05) is 19.7 Å². The van der Waals surface area contributed by atoms with Crippen molar-refractivity contribution < 1.29 is 14.3 Å². The molecule has 1 atom stereocenters. The Morgan fingerprint density at radius 2 is 2.39 bits per heavy atom. The summed E-state index contributed by atoms with van der Waals surface area (Å²) in [6, 6.07) is 1.03. The lowest BCUT2D eigenvalue weighted by atomic mass is 10.1. The van der Waals surface area contributed by atoms with E-state index in [0.717, 1.165) is 25.9 Å². The number of hydrogen-bond acceptors (Lipinski definition) is 5. The second kappa shape index (κ2) is 8.53. The van der Waals surface area contributed by atoms with Gasteiger partial charge in [-0.3, -0.25) is 10.1 Å². The predicted molar refractivity (Wildman–Crippen MR) is 89.6 cm³/mol. The highest BCUT2D eigenvalue weighted by atomic mass is 32.1. The van der Waals surface area contributed by atoms with E-state index in [1.807, 2.05) is 0 Å². The number of hydrogen-bond donors (Lipinski definition) is 4. The molecular formula is C15H20N4O3S. The summed E-state index contributed by atoms with van der Waals surface area (Å²) in [6.45, 7) is 2.01. The number of carbonyl (C=O) groups excluding carboxylic acids is 2. The summed E-state index contributed by atoms with van der Waals surface area (Å²) in [4.78, 5) is 24.2. The minimum Gasteiger partial charge on any atom is -0.372 e. The Balaban J connectivity index is 2.15. The largest absolute Gasteiger partial charge is 0.372 e. The van der Waals surface area contributed by atoms with Crippen LogP contribution in [0.1, 0.15) is 28.1 Å². The number of methoxy groups -OCH3 is 1. The highest BCUT2D eigenvalue weighted by Gasteiger charge is 2.21. The first kappa shape index (κ1) is 17.3. The molecule has 5 N–H and O–H groups in total. The second-order valence-corrected chi connectivity index (χ2v) is 6.15. The molecule has 2 rings (SSSR count). The minimum absolute atomic E-state index is 0.0839. The zero-order valence-corrected chi connectivity index (χ0v) is 13.7. The van der Waals surface area contributed by atoms with Crippen LogP contribution in [0.2, 0.25) is 0 Å². The van der Waals surface area contributed by atoms with Gasteiger partial charge in [0.2, 0.25) is 0 Å². The van der Waals surface area contributed by atoms with E-state index in [1.165, 1.54) is 11.3 Å². The van der Waals surface area contributed by atoms with Crippen molar-refractivity contribution >= 4 is 28.3 Å². The van der Waals surface area contributed by atoms with Crippen LogP contribution < -0.4 is 21.7 Å². The van der Waals surface area contributed by atoms with E-state index in [0.29, 0.717) is 22.0 Å². The van der Waals surface area contributed by atoms with Gasteiger partial charge in [0.25, 0.3) is 5.91 Å². The minimum atomic E-state index is -0.711. The van der Waals surface area contributed by atoms with Crippen LogP contribution in [0.4, 0.5) is 9.80 Å². The molecule has 1 saturated heterocycles. The maximum atomic E-state index is 12.5. The Labute approximate surface area is 139 Å². The summed E-state index contributed by atoms with van der Waals surface area (Å²) in [5.41, 5.74) is 5.54. The van der Waals surface area contributed by atoms with Gasteiger partial charge in [-0.2, -0.15) is 0 Å². The van der Waals surface area contributed by atoms with Crippen molar-refractivity contribution in [2.45, 2.75) is 18.9 Å². The van der Waals surface area contributed by atoms with Gasteiger partial charge in [-0.15, -0.1) is 11.3 Å². The lowest BCUT2D eigenvalue weighted by Crippen LogP contribution is -2.45. The first-order chi connectivity index (χ1) is 11.1. The monoisotopic (exact) mass is 336 g/mol. The smallest absolute Gasteiger partial charge is 0.317 e. The van der Waals surface area contributed by atoms with Crippen LogP contribution in [0.15, 0.2) is 6.07 Å². The molecule has 0 aliphatic carbocycles. The van der Waals surface area contributed by atoms with Crippen molar-refractivity contribution in [2.24, 2.45) is 5.73 Å². The number of thiophene rings is 1. The molecule has 2 heterocycles. The Morgan fingerprint density at radius 1 is 1.57 bits per heavy atom. The van der Waals surface area contributed by atoms with Gasteiger partial charge in [0.1, 0.15) is 11.6 Å². The van der Waals surface area contributed by atoms with Gasteiger partial charge < -0.3 is 21.1 Å². The topological polar surface area (TPSA) is 105 Å². The van der Waals surface area contributed by atoms with Crippen LogP contribution in [0.25, 0.3) is 0 Å². The van der Waals surface area contributed by atoms with Crippen LogP contribution in [0, 0.1) is 11.8 Å². The highest BCUT2D eigenvalue weighted by Crippen LogP contribution is 2.27. The van der Waals surface area contributed by atoms with Crippen LogP contribution in [0.3, 0.4) is 0 Å². The molecule has 1 aliphatic rings. The molecular weight excluding hydrogens is 316 g/mol. The predicted octanol–water partition coefficient (Wildman–Crippen LogP) is 0.718. The molecule has 1 aromatic rings. The van der Waals surface area contributed by atoms with Crippen molar-refractivity contribution in [3.05, 3.63) is 16.5 Å². The summed E-state index contributed by atoms with van der Waals surface area (Å²) in [7, 11) is 1.56. The number of anilines is 1. The molecule has 0 unspecified atom stereocenters. The van der Waals surface area contributed by atoms with Crippen molar-refractivity contribution in [1.29, 1.82) is 0 Å². The molecule has 1 aliphatic heterocycles. The third-order valence-electron chi connectivity index (χ3n) is 3.27. The number of nitrogens with one attached hydrogen (secondary N) is 3. The van der Waals surface area contributed by atoms with Crippen molar-refractivity contribution in [3.8, 4) is 11.8 Å². The van der Waals surface area contributed by atoms with Crippen molar-refractivity contribution in [3.63, 3.8) is 0 Å². The zero-order chi connectivity index (χ0) is 16.7. The van der Waals surface area contributed by atoms with E-state index in [4.69, 9.17) is 10.5 Å². The SMILES string of the molecule is COCC#Cc1cc(C(=O)N[C@H]2CCCNC2)c(NC(N)=O)s1. The van der Waals surface area contributed by atoms with E-state index in [2.05, 4.69) is 27.8 Å². The van der Waals surface area contributed by atoms with E-state index < -0.39 is 6.03 Å². The Hall–Kier alpha value is -2.08. The first-order valence-electron chi connectivity index (χ1n) is 7.30. The molecule has 7 nitrogen and oxygen atoms in total. The number of rotatable bonds is 4. The van der Waals surface area contributed by atoms with E-state index in [9.17, 15) is 9.59 Å². The number of amides is 3. The molecule has 3 amide bonds. The molecule has 1 fully saturated rings.